The first-order valence-corrected chi connectivity index (χ1v) is 11.0. The molecular weight excluding hydrogens is 418 g/mol. The molecule has 2 heterocycles. The first kappa shape index (κ1) is 19.2. The lowest BCUT2D eigenvalue weighted by atomic mass is 9.97. The van der Waals surface area contributed by atoms with Crippen molar-refractivity contribution in [3.05, 3.63) is 85.5 Å². The van der Waals surface area contributed by atoms with Crippen molar-refractivity contribution in [2.45, 2.75) is 35.7 Å². The molecule has 0 unspecified atom stereocenters. The lowest BCUT2D eigenvalue weighted by Gasteiger charge is -2.15. The molecule has 5 rings (SSSR count). The number of aryl methyl sites for hydroxylation is 1. The van der Waals surface area contributed by atoms with E-state index in [1.807, 2.05) is 36.4 Å². The van der Waals surface area contributed by atoms with Gasteiger partial charge in [0.1, 0.15) is 0 Å². The van der Waals surface area contributed by atoms with Gasteiger partial charge in [0.05, 0.1) is 10.6 Å². The summed E-state index contributed by atoms with van der Waals surface area (Å²) in [6.07, 6.45) is 3.58. The second-order valence-corrected chi connectivity index (χ2v) is 8.76. The number of hydrogen-bond acceptors (Lipinski definition) is 4. The van der Waals surface area contributed by atoms with Gasteiger partial charge in [-0.15, -0.1) is 0 Å². The number of nitrogens with one attached hydrogen (secondary N) is 2. The molecule has 7 heteroatoms. The van der Waals surface area contributed by atoms with Crippen LogP contribution in [0.5, 0.6) is 0 Å². The molecule has 150 valence electrons. The SMILES string of the molecule is O=c1[nH]c(Sc2c(-c3ccccc3)c3cc(Cl)ccc3[nH]c2=O)nc2c1CCCC2. The van der Waals surface area contributed by atoms with Crippen molar-refractivity contribution in [3.63, 3.8) is 0 Å². The van der Waals surface area contributed by atoms with E-state index in [4.69, 9.17) is 11.6 Å². The number of hydrogen-bond donors (Lipinski definition) is 2. The van der Waals surface area contributed by atoms with E-state index in [2.05, 4.69) is 15.0 Å². The summed E-state index contributed by atoms with van der Waals surface area (Å²) in [5.41, 5.74) is 3.67. The summed E-state index contributed by atoms with van der Waals surface area (Å²) in [6, 6.07) is 15.1. The zero-order valence-electron chi connectivity index (χ0n) is 16.0. The molecule has 0 saturated carbocycles. The monoisotopic (exact) mass is 435 g/mol. The molecule has 30 heavy (non-hydrogen) atoms. The second-order valence-electron chi connectivity index (χ2n) is 7.32. The van der Waals surface area contributed by atoms with Gasteiger partial charge in [0.15, 0.2) is 5.16 Å². The maximum atomic E-state index is 13.1. The van der Waals surface area contributed by atoms with E-state index in [1.165, 1.54) is 11.8 Å². The average Bonchev–Trinajstić information content (AvgIpc) is 2.75. The number of aromatic amines is 2. The van der Waals surface area contributed by atoms with Crippen LogP contribution in [0.4, 0.5) is 0 Å². The molecule has 0 atom stereocenters. The number of pyridine rings is 1. The summed E-state index contributed by atoms with van der Waals surface area (Å²) in [6.45, 7) is 0. The van der Waals surface area contributed by atoms with E-state index in [9.17, 15) is 9.59 Å². The Bertz CT molecular complexity index is 1380. The highest BCUT2D eigenvalue weighted by Gasteiger charge is 2.20. The molecule has 5 nitrogen and oxygen atoms in total. The van der Waals surface area contributed by atoms with E-state index < -0.39 is 0 Å². The zero-order valence-corrected chi connectivity index (χ0v) is 17.6. The second kappa shape index (κ2) is 7.78. The Morgan fingerprint density at radius 2 is 1.73 bits per heavy atom. The highest BCUT2D eigenvalue weighted by atomic mass is 35.5. The molecule has 1 aliphatic rings. The standard InChI is InChI=1S/C23H18ClN3O2S/c24-14-10-11-18-16(12-14)19(13-6-2-1-3-7-13)20(22(29)25-18)30-23-26-17-9-5-4-8-15(17)21(28)27-23/h1-3,6-7,10-12H,4-5,8-9H2,(H,25,29)(H,26,27,28). The molecule has 2 aromatic carbocycles. The van der Waals surface area contributed by atoms with Crippen LogP contribution in [0.25, 0.3) is 22.0 Å². The van der Waals surface area contributed by atoms with Crippen LogP contribution >= 0.6 is 23.4 Å². The van der Waals surface area contributed by atoms with Gasteiger partial charge >= 0.3 is 0 Å². The van der Waals surface area contributed by atoms with Gasteiger partial charge in [0.25, 0.3) is 11.1 Å². The largest absolute Gasteiger partial charge is 0.321 e. The van der Waals surface area contributed by atoms with Crippen molar-refractivity contribution in [1.29, 1.82) is 0 Å². The number of aromatic nitrogens is 3. The molecule has 0 fully saturated rings. The highest BCUT2D eigenvalue weighted by Crippen LogP contribution is 2.37. The van der Waals surface area contributed by atoms with Crippen LogP contribution in [0.3, 0.4) is 0 Å². The number of fused-ring (bicyclic) bond motifs is 2. The van der Waals surface area contributed by atoms with Crippen molar-refractivity contribution in [2.24, 2.45) is 0 Å². The molecule has 0 radical (unpaired) electrons. The number of nitrogens with zero attached hydrogens (tertiary/aromatic N) is 1. The van der Waals surface area contributed by atoms with Gasteiger partial charge in [-0.05, 0) is 61.2 Å². The van der Waals surface area contributed by atoms with Gasteiger partial charge in [-0.2, -0.15) is 0 Å². The third-order valence-electron chi connectivity index (χ3n) is 5.36. The van der Waals surface area contributed by atoms with Crippen molar-refractivity contribution in [3.8, 4) is 11.1 Å². The number of benzene rings is 2. The Kier molecular flexibility index (Phi) is 4.97. The minimum Gasteiger partial charge on any atom is -0.321 e. The van der Waals surface area contributed by atoms with Crippen LogP contribution < -0.4 is 11.1 Å². The van der Waals surface area contributed by atoms with Crippen LogP contribution in [0.2, 0.25) is 5.02 Å². The van der Waals surface area contributed by atoms with Gasteiger partial charge in [0, 0.05) is 27.1 Å². The van der Waals surface area contributed by atoms with Gasteiger partial charge in [0.2, 0.25) is 0 Å². The summed E-state index contributed by atoms with van der Waals surface area (Å²) in [4.78, 5) is 36.6. The van der Waals surface area contributed by atoms with Crippen LogP contribution in [0.1, 0.15) is 24.1 Å². The fourth-order valence-corrected chi connectivity index (χ4v) is 5.10. The summed E-state index contributed by atoms with van der Waals surface area (Å²) in [7, 11) is 0. The van der Waals surface area contributed by atoms with E-state index in [1.54, 1.807) is 12.1 Å². The Labute approximate surface area is 181 Å². The van der Waals surface area contributed by atoms with Crippen LogP contribution in [-0.2, 0) is 12.8 Å². The average molecular weight is 436 g/mol. The van der Waals surface area contributed by atoms with E-state index >= 15 is 0 Å². The van der Waals surface area contributed by atoms with Crippen LogP contribution in [-0.4, -0.2) is 15.0 Å². The van der Waals surface area contributed by atoms with Gasteiger partial charge in [-0.1, -0.05) is 41.9 Å². The molecule has 0 saturated heterocycles. The van der Waals surface area contributed by atoms with Gasteiger partial charge in [-0.3, -0.25) is 9.59 Å². The summed E-state index contributed by atoms with van der Waals surface area (Å²) in [5, 5.41) is 1.86. The number of halogens is 1. The lowest BCUT2D eigenvalue weighted by molar-refractivity contribution is 0.641. The molecular formula is C23H18ClN3O2S. The Morgan fingerprint density at radius 1 is 0.933 bits per heavy atom. The Balaban J connectivity index is 1.73. The predicted molar refractivity (Wildman–Crippen MR) is 121 cm³/mol. The quantitative estimate of drug-likeness (QED) is 0.446. The minimum absolute atomic E-state index is 0.108. The van der Waals surface area contributed by atoms with Crippen LogP contribution in [0, 0.1) is 0 Å². The summed E-state index contributed by atoms with van der Waals surface area (Å²) < 4.78 is 0. The molecule has 2 aromatic heterocycles. The maximum Gasteiger partial charge on any atom is 0.263 e. The number of rotatable bonds is 3. The molecule has 0 bridgehead atoms. The minimum atomic E-state index is -0.228. The van der Waals surface area contributed by atoms with Crippen molar-refractivity contribution >= 4 is 34.3 Å². The Hall–Kier alpha value is -2.83. The highest BCUT2D eigenvalue weighted by molar-refractivity contribution is 7.99. The normalized spacial score (nSPS) is 13.4. The van der Waals surface area contributed by atoms with Gasteiger partial charge < -0.3 is 9.97 Å². The first-order valence-electron chi connectivity index (χ1n) is 9.81. The smallest absolute Gasteiger partial charge is 0.263 e. The summed E-state index contributed by atoms with van der Waals surface area (Å²) >= 11 is 7.46. The molecule has 0 aliphatic heterocycles. The predicted octanol–water partition coefficient (Wildman–Crippen LogP) is 4.96. The third-order valence-corrected chi connectivity index (χ3v) is 6.58. The fraction of sp³-hybridized carbons (Fsp3) is 0.174. The van der Waals surface area contributed by atoms with Crippen molar-refractivity contribution < 1.29 is 0 Å². The lowest BCUT2D eigenvalue weighted by Crippen LogP contribution is -2.21. The van der Waals surface area contributed by atoms with E-state index in [0.29, 0.717) is 20.6 Å². The molecule has 1 aliphatic carbocycles. The van der Waals surface area contributed by atoms with Crippen molar-refractivity contribution in [2.75, 3.05) is 0 Å². The maximum absolute atomic E-state index is 13.1. The molecule has 0 amide bonds. The fourth-order valence-electron chi connectivity index (χ4n) is 3.96. The van der Waals surface area contributed by atoms with E-state index in [-0.39, 0.29) is 11.1 Å². The zero-order chi connectivity index (χ0) is 20.7. The first-order chi connectivity index (χ1) is 14.6. The van der Waals surface area contributed by atoms with Crippen LogP contribution in [0.15, 0.2) is 68.2 Å². The third kappa shape index (κ3) is 3.46. The number of H-pyrrole nitrogens is 2. The Morgan fingerprint density at radius 3 is 2.57 bits per heavy atom. The molecule has 0 spiro atoms. The topological polar surface area (TPSA) is 78.6 Å². The van der Waals surface area contributed by atoms with E-state index in [0.717, 1.165) is 53.5 Å². The van der Waals surface area contributed by atoms with Crippen molar-refractivity contribution in [1.82, 2.24) is 15.0 Å². The summed E-state index contributed by atoms with van der Waals surface area (Å²) in [5.74, 6) is 0. The molecule has 4 aromatic rings. The van der Waals surface area contributed by atoms with Gasteiger partial charge in [-0.25, -0.2) is 4.98 Å². The molecule has 2 N–H and O–H groups in total.